The first-order chi connectivity index (χ1) is 15.2. The lowest BCUT2D eigenvalue weighted by Crippen LogP contribution is -2.24. The molecule has 0 aliphatic carbocycles. The van der Waals surface area contributed by atoms with Crippen molar-refractivity contribution in [3.05, 3.63) is 59.7 Å². The highest BCUT2D eigenvalue weighted by atomic mass is 32.2. The molecule has 2 aromatic rings. The van der Waals surface area contributed by atoms with Gasteiger partial charge in [0.1, 0.15) is 12.4 Å². The van der Waals surface area contributed by atoms with Crippen LogP contribution in [0.4, 0.5) is 5.69 Å². The summed E-state index contributed by atoms with van der Waals surface area (Å²) < 4.78 is 31.3. The van der Waals surface area contributed by atoms with Gasteiger partial charge in [0.15, 0.2) is 12.4 Å². The molecule has 0 atom stereocenters. The van der Waals surface area contributed by atoms with Crippen LogP contribution in [0.1, 0.15) is 36.2 Å². The number of nitrogens with zero attached hydrogens (tertiary/aromatic N) is 1. The van der Waals surface area contributed by atoms with Crippen LogP contribution in [0.5, 0.6) is 0 Å². The summed E-state index contributed by atoms with van der Waals surface area (Å²) in [5.41, 5.74) is 1.26. The molecular weight excluding hydrogens is 434 g/mol. The quantitative estimate of drug-likeness (QED) is 0.461. The second kappa shape index (κ2) is 9.73. The summed E-state index contributed by atoms with van der Waals surface area (Å²) in [6.45, 7) is 2.96. The van der Waals surface area contributed by atoms with Gasteiger partial charge < -0.3 is 10.1 Å². The molecule has 1 heterocycles. The van der Waals surface area contributed by atoms with E-state index >= 15 is 0 Å². The number of Topliss-reactive ketones (excluding diaryl/α,β-unsaturated/α-hetero) is 1. The lowest BCUT2D eigenvalue weighted by atomic mass is 10.1. The first kappa shape index (κ1) is 23.1. The zero-order valence-corrected chi connectivity index (χ0v) is 18.4. The van der Waals surface area contributed by atoms with Crippen LogP contribution in [-0.4, -0.2) is 45.1 Å². The fourth-order valence-electron chi connectivity index (χ4n) is 2.99. The minimum atomic E-state index is -3.70. The van der Waals surface area contributed by atoms with Crippen molar-refractivity contribution in [2.75, 3.05) is 18.5 Å². The summed E-state index contributed by atoms with van der Waals surface area (Å²) >= 11 is 0. The number of carbonyl (C=O) groups excluding carboxylic acids is 3. The predicted octanol–water partition coefficient (Wildman–Crippen LogP) is 2.14. The van der Waals surface area contributed by atoms with Gasteiger partial charge in [-0.3, -0.25) is 24.1 Å². The Morgan fingerprint density at radius 3 is 2.44 bits per heavy atom. The lowest BCUT2D eigenvalue weighted by molar-refractivity contribution is -0.140. The zero-order chi connectivity index (χ0) is 23.3. The van der Waals surface area contributed by atoms with E-state index < -0.39 is 34.9 Å². The smallest absolute Gasteiger partial charge is 0.328 e. The number of ether oxygens (including phenoxy) is 1. The van der Waals surface area contributed by atoms with Gasteiger partial charge in [-0.2, -0.15) is 0 Å². The molecule has 2 aromatic carbocycles. The summed E-state index contributed by atoms with van der Waals surface area (Å²) in [5.74, 6) is -1.01. The number of nitrogens with one attached hydrogen (secondary N) is 2. The molecule has 1 amide bonds. The number of fused-ring (bicyclic) bond motifs is 1. The third kappa shape index (κ3) is 5.79. The topological polar surface area (TPSA) is 131 Å². The Hall–Kier alpha value is -3.53. The normalized spacial score (nSPS) is 15.2. The number of ketones is 1. The Morgan fingerprint density at radius 1 is 1.06 bits per heavy atom. The van der Waals surface area contributed by atoms with E-state index in [-0.39, 0.29) is 22.6 Å². The van der Waals surface area contributed by atoms with E-state index in [9.17, 15) is 22.8 Å². The number of aliphatic imine (C=N–C) groups is 1. The number of sulfonamides is 1. The number of carbonyl (C=O) groups is 3. The first-order valence-corrected chi connectivity index (χ1v) is 11.4. The average Bonchev–Trinajstić information content (AvgIpc) is 3.01. The monoisotopic (exact) mass is 457 g/mol. The van der Waals surface area contributed by atoms with Crippen LogP contribution in [0.15, 0.2) is 58.4 Å². The molecule has 0 saturated carbocycles. The minimum Gasteiger partial charge on any atom is -0.456 e. The van der Waals surface area contributed by atoms with Crippen molar-refractivity contribution < 1.29 is 27.5 Å². The Labute approximate surface area is 185 Å². The highest BCUT2D eigenvalue weighted by Gasteiger charge is 2.30. The summed E-state index contributed by atoms with van der Waals surface area (Å²) in [4.78, 5) is 40.1. The predicted molar refractivity (Wildman–Crippen MR) is 118 cm³/mol. The highest BCUT2D eigenvalue weighted by Crippen LogP contribution is 2.22. The molecule has 1 aliphatic rings. The first-order valence-electron chi connectivity index (χ1n) is 9.91. The molecule has 10 heteroatoms. The Bertz CT molecular complexity index is 1170. The van der Waals surface area contributed by atoms with Gasteiger partial charge in [0.25, 0.3) is 10.0 Å². The zero-order valence-electron chi connectivity index (χ0n) is 17.6. The number of esters is 1. The fraction of sp³-hybridized carbons (Fsp3) is 0.273. The highest BCUT2D eigenvalue weighted by molar-refractivity contribution is 7.90. The van der Waals surface area contributed by atoms with Crippen molar-refractivity contribution in [1.82, 2.24) is 4.72 Å². The van der Waals surface area contributed by atoms with Gasteiger partial charge in [-0.25, -0.2) is 8.42 Å². The molecule has 168 valence electrons. The van der Waals surface area contributed by atoms with Gasteiger partial charge in [-0.05, 0) is 42.3 Å². The number of hydrogen-bond acceptors (Lipinski definition) is 7. The van der Waals surface area contributed by atoms with Crippen LogP contribution >= 0.6 is 0 Å². The van der Waals surface area contributed by atoms with Crippen molar-refractivity contribution in [2.24, 2.45) is 10.9 Å². The van der Waals surface area contributed by atoms with Crippen molar-refractivity contribution >= 4 is 39.2 Å². The summed E-state index contributed by atoms with van der Waals surface area (Å²) in [6, 6.07) is 12.5. The molecule has 0 unspecified atom stereocenters. The second-order valence-electron chi connectivity index (χ2n) is 7.57. The van der Waals surface area contributed by atoms with Crippen LogP contribution in [0.25, 0.3) is 0 Å². The van der Waals surface area contributed by atoms with Crippen LogP contribution in [0, 0.1) is 5.92 Å². The SMILES string of the molecule is CC(C)CC(=O)Nc1ccc(C(=O)COC(=O)CN=C2NS(=O)(=O)c3ccccc32)cc1. The summed E-state index contributed by atoms with van der Waals surface area (Å²) in [6.07, 6.45) is 0.397. The summed E-state index contributed by atoms with van der Waals surface area (Å²) in [5, 5.41) is 2.75. The molecule has 32 heavy (non-hydrogen) atoms. The van der Waals surface area contributed by atoms with E-state index in [1.54, 1.807) is 30.3 Å². The van der Waals surface area contributed by atoms with Crippen LogP contribution in [-0.2, 0) is 24.3 Å². The lowest BCUT2D eigenvalue weighted by Gasteiger charge is -2.08. The third-order valence-corrected chi connectivity index (χ3v) is 5.87. The maximum absolute atomic E-state index is 12.2. The van der Waals surface area contributed by atoms with Gasteiger partial charge in [0.2, 0.25) is 5.91 Å². The largest absolute Gasteiger partial charge is 0.456 e. The number of benzene rings is 2. The van der Waals surface area contributed by atoms with Crippen molar-refractivity contribution in [3.63, 3.8) is 0 Å². The Morgan fingerprint density at radius 2 is 1.75 bits per heavy atom. The van der Waals surface area contributed by atoms with Gasteiger partial charge in [0.05, 0.1) is 4.90 Å². The molecule has 0 radical (unpaired) electrons. The minimum absolute atomic E-state index is 0.0546. The Kier molecular flexibility index (Phi) is 7.04. The molecular formula is C22H23N3O6S. The standard InChI is InChI=1S/C22H23N3O6S/c1-14(2)11-20(27)24-16-9-7-15(8-10-16)18(26)13-31-21(28)12-23-22-17-5-3-4-6-19(17)32(29,30)25-22/h3-10,14H,11-13H2,1-2H3,(H,23,25)(H,24,27). The van der Waals surface area contributed by atoms with E-state index in [0.29, 0.717) is 23.2 Å². The molecule has 0 bridgehead atoms. The molecule has 1 aliphatic heterocycles. The number of amides is 1. The maximum Gasteiger partial charge on any atom is 0.328 e. The average molecular weight is 458 g/mol. The van der Waals surface area contributed by atoms with E-state index in [0.717, 1.165) is 0 Å². The second-order valence-corrected chi connectivity index (χ2v) is 9.22. The molecule has 0 aromatic heterocycles. The van der Waals surface area contributed by atoms with Gasteiger partial charge >= 0.3 is 5.97 Å². The molecule has 2 N–H and O–H groups in total. The van der Waals surface area contributed by atoms with E-state index in [1.165, 1.54) is 18.2 Å². The molecule has 0 spiro atoms. The van der Waals surface area contributed by atoms with E-state index in [4.69, 9.17) is 4.74 Å². The maximum atomic E-state index is 12.2. The number of amidine groups is 1. The van der Waals surface area contributed by atoms with Crippen LogP contribution in [0.3, 0.4) is 0 Å². The van der Waals surface area contributed by atoms with Crippen LogP contribution < -0.4 is 10.0 Å². The fourth-order valence-corrected chi connectivity index (χ4v) is 4.24. The molecule has 3 rings (SSSR count). The van der Waals surface area contributed by atoms with Crippen LogP contribution in [0.2, 0.25) is 0 Å². The van der Waals surface area contributed by atoms with E-state index in [1.807, 2.05) is 13.8 Å². The summed E-state index contributed by atoms with van der Waals surface area (Å²) in [7, 11) is -3.70. The van der Waals surface area contributed by atoms with Gasteiger partial charge in [0, 0.05) is 23.2 Å². The number of hydrogen-bond donors (Lipinski definition) is 2. The van der Waals surface area contributed by atoms with Gasteiger partial charge in [-0.1, -0.05) is 26.0 Å². The van der Waals surface area contributed by atoms with Crippen molar-refractivity contribution in [2.45, 2.75) is 25.2 Å². The van der Waals surface area contributed by atoms with Crippen molar-refractivity contribution in [1.29, 1.82) is 0 Å². The third-order valence-electron chi connectivity index (χ3n) is 4.48. The molecule has 0 fully saturated rings. The molecule has 9 nitrogen and oxygen atoms in total. The molecule has 0 saturated heterocycles. The number of rotatable bonds is 8. The van der Waals surface area contributed by atoms with Crippen molar-refractivity contribution in [3.8, 4) is 0 Å². The van der Waals surface area contributed by atoms with E-state index in [2.05, 4.69) is 15.0 Å². The Balaban J connectivity index is 1.52. The van der Waals surface area contributed by atoms with Gasteiger partial charge in [-0.15, -0.1) is 0 Å². The number of anilines is 1.